The van der Waals surface area contributed by atoms with Crippen molar-refractivity contribution in [3.8, 4) is 0 Å². The first kappa shape index (κ1) is 16.9. The maximum absolute atomic E-state index is 11.8. The number of piperidine rings is 1. The van der Waals surface area contributed by atoms with E-state index in [1.165, 1.54) is 18.1 Å². The van der Waals surface area contributed by atoms with E-state index in [2.05, 4.69) is 52.1 Å². The smallest absolute Gasteiger partial charge is 0.337 e. The lowest BCUT2D eigenvalue weighted by molar-refractivity contribution is 0.0601. The number of aromatic nitrogens is 1. The van der Waals surface area contributed by atoms with Crippen molar-refractivity contribution in [3.05, 3.63) is 71.9 Å². The summed E-state index contributed by atoms with van der Waals surface area (Å²) in [4.78, 5) is 14.4. The number of hydrogen-bond donors (Lipinski definition) is 0. The number of likely N-dealkylation sites (tertiary alicyclic amines) is 1. The fourth-order valence-corrected chi connectivity index (χ4v) is 3.91. The number of carbonyl (C=O) groups excluding carboxylic acids is 1. The Labute approximate surface area is 154 Å². The van der Waals surface area contributed by atoms with Crippen molar-refractivity contribution in [1.82, 2.24) is 9.47 Å². The summed E-state index contributed by atoms with van der Waals surface area (Å²) in [5, 5.41) is 1.17. The molecule has 0 saturated carbocycles. The second kappa shape index (κ2) is 7.34. The van der Waals surface area contributed by atoms with Crippen LogP contribution in [0.2, 0.25) is 0 Å². The van der Waals surface area contributed by atoms with E-state index in [4.69, 9.17) is 4.74 Å². The molecule has 3 aromatic rings. The molecule has 1 fully saturated rings. The van der Waals surface area contributed by atoms with Crippen LogP contribution in [0.1, 0.15) is 34.8 Å². The highest BCUT2D eigenvalue weighted by molar-refractivity contribution is 5.94. The summed E-state index contributed by atoms with van der Waals surface area (Å²) in [5.74, 6) is -0.280. The number of hydrogen-bond acceptors (Lipinski definition) is 3. The standard InChI is InChI=1S/C22H24N2O2/c1-26-22(25)19-8-7-18-9-14-24(21(18)15-19)20-10-12-23(13-11-20)16-17-5-3-2-4-6-17/h2-9,14-15,20H,10-13,16H2,1H3. The third kappa shape index (κ3) is 3.37. The van der Waals surface area contributed by atoms with Gasteiger partial charge in [-0.05, 0) is 42.0 Å². The van der Waals surface area contributed by atoms with Crippen molar-refractivity contribution in [2.24, 2.45) is 0 Å². The van der Waals surface area contributed by atoms with Gasteiger partial charge >= 0.3 is 5.97 Å². The van der Waals surface area contributed by atoms with Crippen LogP contribution in [0.3, 0.4) is 0 Å². The lowest BCUT2D eigenvalue weighted by Gasteiger charge is -2.33. The molecule has 1 saturated heterocycles. The summed E-state index contributed by atoms with van der Waals surface area (Å²) in [6.07, 6.45) is 4.40. The minimum absolute atomic E-state index is 0.280. The van der Waals surface area contributed by atoms with Crippen LogP contribution in [0.15, 0.2) is 60.8 Å². The highest BCUT2D eigenvalue weighted by Crippen LogP contribution is 2.29. The van der Waals surface area contributed by atoms with Crippen molar-refractivity contribution in [2.75, 3.05) is 20.2 Å². The third-order valence-electron chi connectivity index (χ3n) is 5.34. The van der Waals surface area contributed by atoms with Gasteiger partial charge < -0.3 is 9.30 Å². The minimum Gasteiger partial charge on any atom is -0.465 e. The molecule has 0 unspecified atom stereocenters. The summed E-state index contributed by atoms with van der Waals surface area (Å²) in [5.41, 5.74) is 3.11. The topological polar surface area (TPSA) is 34.5 Å². The average molecular weight is 348 g/mol. The van der Waals surface area contributed by atoms with Gasteiger partial charge in [-0.15, -0.1) is 0 Å². The molecule has 0 N–H and O–H groups in total. The molecule has 0 amide bonds. The van der Waals surface area contributed by atoms with Crippen LogP contribution >= 0.6 is 0 Å². The van der Waals surface area contributed by atoms with Gasteiger partial charge in [0.15, 0.2) is 0 Å². The fraction of sp³-hybridized carbons (Fsp3) is 0.318. The lowest BCUT2D eigenvalue weighted by Crippen LogP contribution is -2.34. The van der Waals surface area contributed by atoms with Crippen LogP contribution in [-0.4, -0.2) is 35.6 Å². The predicted molar refractivity (Wildman–Crippen MR) is 103 cm³/mol. The fourth-order valence-electron chi connectivity index (χ4n) is 3.91. The second-order valence-corrected chi connectivity index (χ2v) is 6.98. The third-order valence-corrected chi connectivity index (χ3v) is 5.34. The minimum atomic E-state index is -0.280. The molecule has 26 heavy (non-hydrogen) atoms. The van der Waals surface area contributed by atoms with Crippen molar-refractivity contribution in [2.45, 2.75) is 25.4 Å². The number of carbonyl (C=O) groups is 1. The average Bonchev–Trinajstić information content (AvgIpc) is 3.12. The molecule has 0 aliphatic carbocycles. The zero-order chi connectivity index (χ0) is 17.9. The van der Waals surface area contributed by atoms with Crippen LogP contribution in [0.4, 0.5) is 0 Å². The van der Waals surface area contributed by atoms with Gasteiger partial charge in [0, 0.05) is 37.4 Å². The summed E-state index contributed by atoms with van der Waals surface area (Å²) in [7, 11) is 1.42. The van der Waals surface area contributed by atoms with E-state index in [1.54, 1.807) is 0 Å². The summed E-state index contributed by atoms with van der Waals surface area (Å²) < 4.78 is 7.20. The van der Waals surface area contributed by atoms with Gasteiger partial charge in [-0.25, -0.2) is 4.79 Å². The molecule has 134 valence electrons. The zero-order valence-electron chi connectivity index (χ0n) is 15.1. The first-order chi connectivity index (χ1) is 12.7. The second-order valence-electron chi connectivity index (χ2n) is 6.98. The SMILES string of the molecule is COC(=O)c1ccc2ccn(C3CCN(Cc4ccccc4)CC3)c2c1. The van der Waals surface area contributed by atoms with Crippen molar-refractivity contribution < 1.29 is 9.53 Å². The molecule has 4 nitrogen and oxygen atoms in total. The zero-order valence-corrected chi connectivity index (χ0v) is 15.1. The highest BCUT2D eigenvalue weighted by atomic mass is 16.5. The molecule has 0 radical (unpaired) electrons. The maximum Gasteiger partial charge on any atom is 0.337 e. The Kier molecular flexibility index (Phi) is 4.76. The van der Waals surface area contributed by atoms with E-state index in [9.17, 15) is 4.79 Å². The molecule has 0 atom stereocenters. The molecular weight excluding hydrogens is 324 g/mol. The number of fused-ring (bicyclic) bond motifs is 1. The van der Waals surface area contributed by atoms with E-state index >= 15 is 0 Å². The Morgan fingerprint density at radius 1 is 1.08 bits per heavy atom. The van der Waals surface area contributed by atoms with Crippen molar-refractivity contribution in [1.29, 1.82) is 0 Å². The quantitative estimate of drug-likeness (QED) is 0.661. The van der Waals surface area contributed by atoms with E-state index < -0.39 is 0 Å². The van der Waals surface area contributed by atoms with Crippen LogP contribution < -0.4 is 0 Å². The Morgan fingerprint density at radius 2 is 1.85 bits per heavy atom. The molecule has 1 aliphatic rings. The summed E-state index contributed by atoms with van der Waals surface area (Å²) in [6.45, 7) is 3.21. The molecule has 2 heterocycles. The van der Waals surface area contributed by atoms with Gasteiger partial charge in [0.1, 0.15) is 0 Å². The van der Waals surface area contributed by atoms with Crippen LogP contribution in [0.25, 0.3) is 10.9 Å². The Morgan fingerprint density at radius 3 is 2.58 bits per heavy atom. The summed E-state index contributed by atoms with van der Waals surface area (Å²) in [6, 6.07) is 19.1. The first-order valence-corrected chi connectivity index (χ1v) is 9.20. The van der Waals surface area contributed by atoms with Crippen molar-refractivity contribution >= 4 is 16.9 Å². The predicted octanol–water partition coefficient (Wildman–Crippen LogP) is 4.27. The van der Waals surface area contributed by atoms with Crippen molar-refractivity contribution in [3.63, 3.8) is 0 Å². The van der Waals surface area contributed by atoms with Gasteiger partial charge in [-0.3, -0.25) is 4.90 Å². The van der Waals surface area contributed by atoms with E-state index in [1.807, 2.05) is 18.2 Å². The van der Waals surface area contributed by atoms with Gasteiger partial charge in [0.05, 0.1) is 12.7 Å². The summed E-state index contributed by atoms with van der Waals surface area (Å²) >= 11 is 0. The number of rotatable bonds is 4. The molecule has 4 heteroatoms. The number of ether oxygens (including phenoxy) is 1. The molecular formula is C22H24N2O2. The van der Waals surface area contributed by atoms with E-state index in [0.717, 1.165) is 38.0 Å². The lowest BCUT2D eigenvalue weighted by atomic mass is 10.0. The van der Waals surface area contributed by atoms with Gasteiger partial charge in [0.25, 0.3) is 0 Å². The number of benzene rings is 2. The monoisotopic (exact) mass is 348 g/mol. The van der Waals surface area contributed by atoms with Gasteiger partial charge in [-0.2, -0.15) is 0 Å². The number of methoxy groups -OCH3 is 1. The van der Waals surface area contributed by atoms with Crippen LogP contribution in [-0.2, 0) is 11.3 Å². The van der Waals surface area contributed by atoms with E-state index in [0.29, 0.717) is 11.6 Å². The largest absolute Gasteiger partial charge is 0.465 e. The van der Waals surface area contributed by atoms with Crippen LogP contribution in [0, 0.1) is 0 Å². The van der Waals surface area contributed by atoms with E-state index in [-0.39, 0.29) is 5.97 Å². The molecule has 0 bridgehead atoms. The first-order valence-electron chi connectivity index (χ1n) is 9.20. The molecule has 1 aromatic heterocycles. The molecule has 1 aliphatic heterocycles. The molecule has 2 aromatic carbocycles. The Balaban J connectivity index is 1.48. The Bertz CT molecular complexity index is 893. The molecule has 0 spiro atoms. The highest BCUT2D eigenvalue weighted by Gasteiger charge is 2.22. The van der Waals surface area contributed by atoms with Crippen LogP contribution in [0.5, 0.6) is 0 Å². The van der Waals surface area contributed by atoms with Gasteiger partial charge in [-0.1, -0.05) is 36.4 Å². The number of esters is 1. The normalized spacial score (nSPS) is 16.0. The molecule has 4 rings (SSSR count). The van der Waals surface area contributed by atoms with Gasteiger partial charge in [0.2, 0.25) is 0 Å². The Hall–Kier alpha value is -2.59. The number of nitrogens with zero attached hydrogens (tertiary/aromatic N) is 2. The maximum atomic E-state index is 11.8.